The molecule has 2 aromatic rings. The topological polar surface area (TPSA) is 101 Å². The molecule has 1 aromatic carbocycles. The number of benzene rings is 1. The van der Waals surface area contributed by atoms with Crippen LogP contribution in [-0.2, 0) is 14.3 Å². The van der Waals surface area contributed by atoms with Crippen molar-refractivity contribution in [2.45, 2.75) is 13.8 Å². The number of anilines is 1. The average molecular weight is 431 g/mol. The number of imide groups is 1. The van der Waals surface area contributed by atoms with Crippen LogP contribution in [0.2, 0.25) is 0 Å². The third-order valence-corrected chi connectivity index (χ3v) is 4.18. The van der Waals surface area contributed by atoms with Gasteiger partial charge < -0.3 is 4.74 Å². The number of esters is 1. The van der Waals surface area contributed by atoms with E-state index in [4.69, 9.17) is 4.74 Å². The van der Waals surface area contributed by atoms with Gasteiger partial charge in [-0.3, -0.25) is 15.0 Å². The summed E-state index contributed by atoms with van der Waals surface area (Å²) in [5.41, 5.74) is 3.61. The van der Waals surface area contributed by atoms with Gasteiger partial charge in [0.25, 0.3) is 11.8 Å². The van der Waals surface area contributed by atoms with Crippen molar-refractivity contribution < 1.29 is 19.1 Å². The molecule has 27 heavy (non-hydrogen) atoms. The Morgan fingerprint density at radius 1 is 1.33 bits per heavy atom. The van der Waals surface area contributed by atoms with Crippen LogP contribution in [0.25, 0.3) is 11.4 Å². The maximum Gasteiger partial charge on any atom is 0.343 e. The normalized spacial score (nSPS) is 13.6. The first kappa shape index (κ1) is 18.7. The van der Waals surface area contributed by atoms with Crippen LogP contribution in [0.15, 0.2) is 46.6 Å². The number of nitrogens with one attached hydrogen (secondary N) is 1. The molecule has 138 valence electrons. The van der Waals surface area contributed by atoms with Crippen LogP contribution in [0.3, 0.4) is 0 Å². The number of nitrogens with zero attached hydrogens (tertiary/aromatic N) is 3. The summed E-state index contributed by atoms with van der Waals surface area (Å²) in [6, 6.07) is 7.27. The van der Waals surface area contributed by atoms with Gasteiger partial charge in [-0.1, -0.05) is 28.1 Å². The highest BCUT2D eigenvalue weighted by molar-refractivity contribution is 9.10. The number of hydrogen-bond donors (Lipinski definition) is 1. The summed E-state index contributed by atoms with van der Waals surface area (Å²) in [4.78, 5) is 44.9. The predicted molar refractivity (Wildman–Crippen MR) is 100 cm³/mol. The fourth-order valence-electron chi connectivity index (χ4n) is 2.39. The molecular weight excluding hydrogens is 416 g/mol. The Morgan fingerprint density at radius 3 is 2.74 bits per heavy atom. The third kappa shape index (κ3) is 3.87. The van der Waals surface area contributed by atoms with Crippen molar-refractivity contribution in [2.24, 2.45) is 0 Å². The molecule has 9 heteroatoms. The zero-order chi connectivity index (χ0) is 19.6. The van der Waals surface area contributed by atoms with E-state index in [0.717, 1.165) is 9.48 Å². The molecule has 0 aliphatic carbocycles. The van der Waals surface area contributed by atoms with Crippen LogP contribution in [0.1, 0.15) is 24.2 Å². The van der Waals surface area contributed by atoms with Gasteiger partial charge in [0.05, 0.1) is 6.61 Å². The summed E-state index contributed by atoms with van der Waals surface area (Å²) < 4.78 is 5.84. The highest BCUT2D eigenvalue weighted by atomic mass is 79.9. The summed E-state index contributed by atoms with van der Waals surface area (Å²) in [5.74, 6) is -1.41. The Labute approximate surface area is 163 Å². The first-order chi connectivity index (χ1) is 12.9. The number of carbonyl (C=O) groups is 3. The van der Waals surface area contributed by atoms with Crippen LogP contribution >= 0.6 is 15.9 Å². The third-order valence-electron chi connectivity index (χ3n) is 3.69. The van der Waals surface area contributed by atoms with Gasteiger partial charge in [0, 0.05) is 27.9 Å². The van der Waals surface area contributed by atoms with Gasteiger partial charge in [0.1, 0.15) is 5.56 Å². The lowest BCUT2D eigenvalue weighted by molar-refractivity contribution is -0.135. The molecule has 0 fully saturated rings. The zero-order valence-electron chi connectivity index (χ0n) is 14.5. The van der Waals surface area contributed by atoms with Crippen molar-refractivity contribution in [1.82, 2.24) is 15.0 Å². The van der Waals surface area contributed by atoms with Gasteiger partial charge in [-0.15, -0.1) is 0 Å². The first-order valence-electron chi connectivity index (χ1n) is 8.04. The lowest BCUT2D eigenvalue weighted by atomic mass is 10.2. The van der Waals surface area contributed by atoms with E-state index < -0.39 is 17.8 Å². The molecule has 2 heterocycles. The molecule has 8 nitrogen and oxygen atoms in total. The Balaban J connectivity index is 2.02. The van der Waals surface area contributed by atoms with E-state index in [1.165, 1.54) is 19.2 Å². The molecular formula is C18H15BrN4O4. The lowest BCUT2D eigenvalue weighted by Gasteiger charge is -2.18. The van der Waals surface area contributed by atoms with E-state index in [0.29, 0.717) is 11.4 Å². The summed E-state index contributed by atoms with van der Waals surface area (Å²) >= 11 is 3.38. The molecule has 1 N–H and O–H groups in total. The number of rotatable bonds is 5. The molecule has 0 unspecified atom stereocenters. The molecule has 2 amide bonds. The van der Waals surface area contributed by atoms with E-state index >= 15 is 0 Å². The largest absolute Gasteiger partial charge is 0.462 e. The minimum atomic E-state index is -0.662. The molecule has 1 aliphatic heterocycles. The molecule has 1 aliphatic rings. The Bertz CT molecular complexity index is 974. The fraction of sp³-hybridized carbons (Fsp3) is 0.167. The Morgan fingerprint density at radius 2 is 2.11 bits per heavy atom. The molecule has 0 spiro atoms. The van der Waals surface area contributed by atoms with Crippen molar-refractivity contribution in [1.29, 1.82) is 0 Å². The smallest absolute Gasteiger partial charge is 0.343 e. The number of ether oxygens (including phenoxy) is 1. The molecule has 1 aromatic heterocycles. The van der Waals surface area contributed by atoms with Gasteiger partial charge in [-0.05, 0) is 26.0 Å². The van der Waals surface area contributed by atoms with Crippen molar-refractivity contribution in [2.75, 3.05) is 12.0 Å². The van der Waals surface area contributed by atoms with Gasteiger partial charge in [0.15, 0.2) is 11.6 Å². The van der Waals surface area contributed by atoms with Crippen LogP contribution in [0, 0.1) is 0 Å². The molecule has 0 saturated heterocycles. The monoisotopic (exact) mass is 430 g/mol. The maximum absolute atomic E-state index is 12.2. The quantitative estimate of drug-likeness (QED) is 0.574. The SMILES string of the molecule is CCOC(=O)c1cnc(-c2cccc(Br)c2)nc1NN1C(=O)C=C(C)C1=O. The number of halogens is 1. The van der Waals surface area contributed by atoms with Crippen LogP contribution in [-0.4, -0.2) is 39.4 Å². The summed E-state index contributed by atoms with van der Waals surface area (Å²) in [5, 5.41) is 0.797. The average Bonchev–Trinajstić information content (AvgIpc) is 2.88. The second-order valence-electron chi connectivity index (χ2n) is 5.60. The minimum absolute atomic E-state index is 0.00299. The Kier molecular flexibility index (Phi) is 5.31. The molecule has 0 radical (unpaired) electrons. The second-order valence-corrected chi connectivity index (χ2v) is 6.52. The van der Waals surface area contributed by atoms with Crippen LogP contribution in [0.4, 0.5) is 5.82 Å². The first-order valence-corrected chi connectivity index (χ1v) is 8.83. The van der Waals surface area contributed by atoms with Gasteiger partial charge >= 0.3 is 5.97 Å². The minimum Gasteiger partial charge on any atom is -0.462 e. The number of hydrogen-bond acceptors (Lipinski definition) is 7. The Hall–Kier alpha value is -3.07. The summed E-state index contributed by atoms with van der Waals surface area (Å²) in [7, 11) is 0. The number of carbonyl (C=O) groups excluding carboxylic acids is 3. The second kappa shape index (κ2) is 7.67. The van der Waals surface area contributed by atoms with E-state index in [9.17, 15) is 14.4 Å². The van der Waals surface area contributed by atoms with Crippen molar-refractivity contribution in [3.05, 3.63) is 52.1 Å². The standard InChI is InChI=1S/C18H15BrN4O4/c1-3-27-18(26)13-9-20-15(11-5-4-6-12(19)8-11)21-16(13)22-23-14(24)7-10(2)17(23)25/h4-9H,3H2,1-2H3,(H,20,21,22). The number of amides is 2. The highest BCUT2D eigenvalue weighted by Crippen LogP contribution is 2.24. The van der Waals surface area contributed by atoms with Crippen LogP contribution in [0.5, 0.6) is 0 Å². The summed E-state index contributed by atoms with van der Waals surface area (Å²) in [6.07, 6.45) is 2.50. The van der Waals surface area contributed by atoms with E-state index in [-0.39, 0.29) is 23.6 Å². The van der Waals surface area contributed by atoms with Gasteiger partial charge in [0.2, 0.25) is 0 Å². The predicted octanol–water partition coefficient (Wildman–Crippen LogP) is 2.72. The van der Waals surface area contributed by atoms with Gasteiger partial charge in [-0.2, -0.15) is 5.01 Å². The number of aromatic nitrogens is 2. The fourth-order valence-corrected chi connectivity index (χ4v) is 2.79. The maximum atomic E-state index is 12.2. The molecule has 3 rings (SSSR count). The molecule has 0 atom stereocenters. The lowest BCUT2D eigenvalue weighted by Crippen LogP contribution is -2.37. The highest BCUT2D eigenvalue weighted by Gasteiger charge is 2.30. The molecule has 0 bridgehead atoms. The molecule has 0 saturated carbocycles. The number of hydrazine groups is 1. The van der Waals surface area contributed by atoms with Crippen molar-refractivity contribution in [3.63, 3.8) is 0 Å². The summed E-state index contributed by atoms with van der Waals surface area (Å²) in [6.45, 7) is 3.36. The van der Waals surface area contributed by atoms with E-state index in [1.54, 1.807) is 19.1 Å². The zero-order valence-corrected chi connectivity index (χ0v) is 16.1. The van der Waals surface area contributed by atoms with Gasteiger partial charge in [-0.25, -0.2) is 14.8 Å². The van der Waals surface area contributed by atoms with E-state index in [2.05, 4.69) is 31.3 Å². The van der Waals surface area contributed by atoms with E-state index in [1.807, 2.05) is 12.1 Å². The van der Waals surface area contributed by atoms with Crippen molar-refractivity contribution >= 4 is 39.5 Å². The van der Waals surface area contributed by atoms with Crippen LogP contribution < -0.4 is 5.43 Å². The van der Waals surface area contributed by atoms with Crippen molar-refractivity contribution in [3.8, 4) is 11.4 Å².